The molecular formula is C36H76N8O2. The van der Waals surface area contributed by atoms with Gasteiger partial charge in [0.2, 0.25) is 11.8 Å². The van der Waals surface area contributed by atoms with Gasteiger partial charge >= 0.3 is 0 Å². The summed E-state index contributed by atoms with van der Waals surface area (Å²) in [4.78, 5) is 22.2. The van der Waals surface area contributed by atoms with Crippen LogP contribution in [0.4, 0.5) is 0 Å². The molecule has 0 unspecified atom stereocenters. The second kappa shape index (κ2) is 14.3. The van der Waals surface area contributed by atoms with Crippen LogP contribution in [-0.2, 0) is 9.59 Å². The Morgan fingerprint density at radius 3 is 0.761 bits per heavy atom. The van der Waals surface area contributed by atoms with Crippen LogP contribution in [0.15, 0.2) is 0 Å². The van der Waals surface area contributed by atoms with E-state index in [1.807, 2.05) is 27.7 Å². The van der Waals surface area contributed by atoms with E-state index in [1.165, 1.54) is 12.8 Å². The van der Waals surface area contributed by atoms with Gasteiger partial charge in [-0.3, -0.25) is 9.59 Å². The molecule has 0 aromatic heterocycles. The number of rotatable bonds is 4. The van der Waals surface area contributed by atoms with Gasteiger partial charge < -0.3 is 44.2 Å². The lowest BCUT2D eigenvalue weighted by atomic mass is 9.87. The second-order valence-electron chi connectivity index (χ2n) is 19.5. The Labute approximate surface area is 282 Å². The van der Waals surface area contributed by atoms with Crippen LogP contribution < -0.4 is 44.2 Å². The van der Waals surface area contributed by atoms with E-state index in [0.29, 0.717) is 11.8 Å². The number of hydrogen-bond acceptors (Lipinski definition) is 8. The number of amides is 2. The number of nitrogens with one attached hydrogen (secondary N) is 4. The first-order valence-electron chi connectivity index (χ1n) is 17.4. The average Bonchev–Trinajstić information content (AvgIpc) is 3.37. The van der Waals surface area contributed by atoms with E-state index in [-0.39, 0.29) is 68.0 Å². The zero-order valence-electron chi connectivity index (χ0n) is 32.7. The van der Waals surface area contributed by atoms with Crippen molar-refractivity contribution < 1.29 is 9.59 Å². The van der Waals surface area contributed by atoms with E-state index in [4.69, 9.17) is 22.9 Å². The van der Waals surface area contributed by atoms with Crippen LogP contribution in [0.3, 0.4) is 0 Å². The minimum atomic E-state index is -0.196. The highest BCUT2D eigenvalue weighted by Gasteiger charge is 2.48. The predicted octanol–water partition coefficient (Wildman–Crippen LogP) is 3.50. The molecule has 272 valence electrons. The third-order valence-electron chi connectivity index (χ3n) is 10.6. The molecule has 10 heteroatoms. The van der Waals surface area contributed by atoms with Crippen LogP contribution in [0.1, 0.15) is 136 Å². The van der Waals surface area contributed by atoms with Crippen LogP contribution in [0.5, 0.6) is 0 Å². The van der Waals surface area contributed by atoms with Gasteiger partial charge in [0.25, 0.3) is 0 Å². The molecule has 2 amide bonds. The Kier molecular flexibility index (Phi) is 13.3. The van der Waals surface area contributed by atoms with Gasteiger partial charge in [-0.15, -0.1) is 0 Å². The van der Waals surface area contributed by atoms with E-state index in [9.17, 15) is 9.59 Å². The van der Waals surface area contributed by atoms with E-state index >= 15 is 0 Å². The Morgan fingerprint density at radius 2 is 0.674 bits per heavy atom. The Morgan fingerprint density at radius 1 is 0.457 bits per heavy atom. The minimum Gasteiger partial charge on any atom is -0.369 e. The maximum atomic E-state index is 11.1. The van der Waals surface area contributed by atoms with Gasteiger partial charge in [0.05, 0.1) is 11.8 Å². The molecule has 0 aromatic carbocycles. The van der Waals surface area contributed by atoms with Crippen molar-refractivity contribution in [3.05, 3.63) is 0 Å². The Balaban J connectivity index is 0.000000307. The smallest absolute Gasteiger partial charge is 0.222 e. The van der Waals surface area contributed by atoms with Crippen molar-refractivity contribution in [1.82, 2.24) is 21.3 Å². The van der Waals surface area contributed by atoms with E-state index in [0.717, 1.165) is 25.9 Å². The zero-order chi connectivity index (χ0) is 36.5. The fourth-order valence-electron chi connectivity index (χ4n) is 9.01. The van der Waals surface area contributed by atoms with Crippen molar-refractivity contribution in [2.24, 2.45) is 46.6 Å². The summed E-state index contributed by atoms with van der Waals surface area (Å²) < 4.78 is 0. The minimum absolute atomic E-state index is 0.0309. The SMILES string of the molecule is CC1(C)C[C@@H](C(N)=O)C(C)(C)N1.CC1(C)C[C@@H](CN)C(C)(C)N1.CC1(C)C[C@H](C(N)=O)C(C)(C)N1.CC1(C)C[C@H](CN)C(C)(C)N1. The first kappa shape index (κ1) is 42.7. The summed E-state index contributed by atoms with van der Waals surface area (Å²) in [6.07, 6.45) is 4.04. The van der Waals surface area contributed by atoms with Crippen molar-refractivity contribution in [3.8, 4) is 0 Å². The lowest BCUT2D eigenvalue weighted by Gasteiger charge is -2.27. The van der Waals surface area contributed by atoms with Crippen molar-refractivity contribution in [2.45, 2.75) is 181 Å². The third-order valence-corrected chi connectivity index (χ3v) is 10.6. The van der Waals surface area contributed by atoms with Gasteiger partial charge in [-0.1, -0.05) is 0 Å². The van der Waals surface area contributed by atoms with Crippen molar-refractivity contribution in [2.75, 3.05) is 13.1 Å². The second-order valence-corrected chi connectivity index (χ2v) is 19.5. The largest absolute Gasteiger partial charge is 0.369 e. The molecule has 4 fully saturated rings. The van der Waals surface area contributed by atoms with Gasteiger partial charge in [-0.2, -0.15) is 0 Å². The van der Waals surface area contributed by atoms with Crippen molar-refractivity contribution in [1.29, 1.82) is 0 Å². The molecule has 10 nitrogen and oxygen atoms in total. The highest BCUT2D eigenvalue weighted by molar-refractivity contribution is 5.79. The fraction of sp³-hybridized carbons (Fsp3) is 0.944. The monoisotopic (exact) mass is 653 g/mol. The first-order chi connectivity index (χ1) is 20.2. The van der Waals surface area contributed by atoms with Crippen LogP contribution in [0.2, 0.25) is 0 Å². The molecule has 4 saturated heterocycles. The highest BCUT2D eigenvalue weighted by Crippen LogP contribution is 2.37. The summed E-state index contributed by atoms with van der Waals surface area (Å²) in [6, 6.07) is 0. The van der Waals surface area contributed by atoms with Crippen LogP contribution in [0, 0.1) is 23.7 Å². The van der Waals surface area contributed by atoms with E-state index in [2.05, 4.69) is 104 Å². The van der Waals surface area contributed by atoms with E-state index < -0.39 is 0 Å². The maximum Gasteiger partial charge on any atom is 0.222 e. The lowest BCUT2D eigenvalue weighted by molar-refractivity contribution is -0.123. The summed E-state index contributed by atoms with van der Waals surface area (Å²) in [7, 11) is 0. The Hall–Kier alpha value is -1.30. The molecule has 0 aliphatic carbocycles. The molecule has 12 N–H and O–H groups in total. The molecule has 0 radical (unpaired) electrons. The molecule has 0 aromatic rings. The molecule has 4 atom stereocenters. The fourth-order valence-corrected chi connectivity index (χ4v) is 9.01. The molecule has 46 heavy (non-hydrogen) atoms. The summed E-state index contributed by atoms with van der Waals surface area (Å²) in [5.41, 5.74) is 22.7. The van der Waals surface area contributed by atoms with E-state index in [1.54, 1.807) is 0 Å². The number of nitrogens with two attached hydrogens (primary N) is 4. The predicted molar refractivity (Wildman–Crippen MR) is 194 cm³/mol. The van der Waals surface area contributed by atoms with Gasteiger partial charge in [-0.25, -0.2) is 0 Å². The quantitative estimate of drug-likeness (QED) is 0.227. The lowest BCUT2D eigenvalue weighted by Crippen LogP contribution is -2.47. The summed E-state index contributed by atoms with van der Waals surface area (Å²) in [6.45, 7) is 36.0. The standard InChI is InChI=1S/2C9H18N2O.2C9H20N2/c2*1-8(2)5-6(7(10)12)9(3,4)11-8;2*1-8(2)5-7(6-10)9(3,4)11-8/h2*6,11H,5H2,1-4H3,(H2,10,12);2*7,11H,5-6,10H2,1-4H3/t2*6-;2*7-/m1010/s1. The topological polar surface area (TPSA) is 186 Å². The molecule has 4 heterocycles. The van der Waals surface area contributed by atoms with Gasteiger partial charge in [0, 0.05) is 44.3 Å². The van der Waals surface area contributed by atoms with Gasteiger partial charge in [0.15, 0.2) is 0 Å². The summed E-state index contributed by atoms with van der Waals surface area (Å²) in [5, 5.41) is 14.0. The molecule has 4 aliphatic heterocycles. The molecule has 0 spiro atoms. The number of carbonyl (C=O) groups is 2. The summed E-state index contributed by atoms with van der Waals surface area (Å²) in [5.74, 6) is 0.756. The first-order valence-corrected chi connectivity index (χ1v) is 17.4. The number of hydrogen-bond donors (Lipinski definition) is 8. The number of primary amides is 2. The average molecular weight is 653 g/mol. The molecule has 0 bridgehead atoms. The van der Waals surface area contributed by atoms with Gasteiger partial charge in [0.1, 0.15) is 0 Å². The Bertz CT molecular complexity index is 963. The zero-order valence-corrected chi connectivity index (χ0v) is 32.7. The normalized spacial score (nSPS) is 32.9. The molecule has 0 saturated carbocycles. The number of carbonyl (C=O) groups excluding carboxylic acids is 2. The maximum absolute atomic E-state index is 11.1. The van der Waals surface area contributed by atoms with Crippen molar-refractivity contribution >= 4 is 11.8 Å². The van der Waals surface area contributed by atoms with Gasteiger partial charge in [-0.05, 0) is 161 Å². The highest BCUT2D eigenvalue weighted by atomic mass is 16.1. The van der Waals surface area contributed by atoms with Crippen LogP contribution >= 0.6 is 0 Å². The molecule has 4 rings (SSSR count). The third kappa shape index (κ3) is 12.0. The van der Waals surface area contributed by atoms with Crippen LogP contribution in [-0.4, -0.2) is 69.2 Å². The molecule has 4 aliphatic rings. The van der Waals surface area contributed by atoms with Crippen molar-refractivity contribution in [3.63, 3.8) is 0 Å². The summed E-state index contributed by atoms with van der Waals surface area (Å²) >= 11 is 0. The van der Waals surface area contributed by atoms with Crippen LogP contribution in [0.25, 0.3) is 0 Å². The molecular weight excluding hydrogens is 576 g/mol.